The van der Waals surface area contributed by atoms with Crippen molar-refractivity contribution < 1.29 is 4.21 Å². The molecule has 7 nitrogen and oxygen atoms in total. The fourth-order valence-electron chi connectivity index (χ4n) is 8.96. The van der Waals surface area contributed by atoms with Crippen LogP contribution in [0.1, 0.15) is 16.7 Å². The highest BCUT2D eigenvalue weighted by atomic mass is 32.1. The average Bonchev–Trinajstić information content (AvgIpc) is 3.97. The average molecular weight is 727 g/mol. The van der Waals surface area contributed by atoms with Crippen molar-refractivity contribution in [1.82, 2.24) is 28.7 Å². The third-order valence-electron chi connectivity index (χ3n) is 11.2. The van der Waals surface area contributed by atoms with Gasteiger partial charge in [0.15, 0.2) is 12.5 Å². The maximum Gasteiger partial charge on any atom is 0.197 e. The first-order chi connectivity index (χ1) is 27.2. The molecule has 11 aromatic rings. The van der Waals surface area contributed by atoms with Crippen LogP contribution in [0.4, 0.5) is 0 Å². The molecule has 0 aliphatic heterocycles. The minimum Gasteiger partial charge on any atom is -0.308 e. The first kappa shape index (κ1) is 31.5. The van der Waals surface area contributed by atoms with Gasteiger partial charge >= 0.3 is 0 Å². The van der Waals surface area contributed by atoms with Crippen molar-refractivity contribution in [3.63, 3.8) is 0 Å². The number of hydrogen-bond donors (Lipinski definition) is 0. The molecule has 0 spiro atoms. The molecule has 0 amide bonds. The molecule has 6 aromatic heterocycles. The Hall–Kier alpha value is -7.03. The Kier molecular flexibility index (Phi) is 6.87. The number of pyridine rings is 3. The van der Waals surface area contributed by atoms with Gasteiger partial charge < -0.3 is 13.7 Å². The van der Waals surface area contributed by atoms with Crippen LogP contribution in [-0.2, 0) is 19.0 Å². The molecule has 1 aliphatic rings. The van der Waals surface area contributed by atoms with E-state index in [4.69, 9.17) is 19.2 Å². The van der Waals surface area contributed by atoms with Crippen molar-refractivity contribution in [1.29, 1.82) is 0 Å². The molecule has 8 heteroatoms. The molecule has 0 unspecified atom stereocenters. The lowest BCUT2D eigenvalue weighted by Crippen LogP contribution is -1.97. The predicted molar refractivity (Wildman–Crippen MR) is 224 cm³/mol. The van der Waals surface area contributed by atoms with Gasteiger partial charge in [-0.05, 0) is 133 Å². The Bertz CT molecular complexity index is 3370. The van der Waals surface area contributed by atoms with Crippen LogP contribution < -0.4 is 0 Å². The molecule has 0 saturated heterocycles. The molecule has 55 heavy (non-hydrogen) atoms. The monoisotopic (exact) mass is 726 g/mol. The number of fused-ring (bicyclic) bond motifs is 12. The van der Waals surface area contributed by atoms with Crippen LogP contribution in [-0.4, -0.2) is 32.9 Å². The molecule has 0 bridgehead atoms. The molecule has 1 aliphatic carbocycles. The highest BCUT2D eigenvalue weighted by Gasteiger charge is 2.22. The van der Waals surface area contributed by atoms with E-state index in [1.807, 2.05) is 36.8 Å². The van der Waals surface area contributed by atoms with E-state index in [1.165, 1.54) is 27.8 Å². The number of nitrogens with zero attached hydrogens (tertiary/aromatic N) is 6. The number of aryl methyl sites for hydroxylation is 1. The molecule has 5 aromatic carbocycles. The Morgan fingerprint density at radius 3 is 1.45 bits per heavy atom. The molecule has 6 heterocycles. The Morgan fingerprint density at radius 2 is 0.891 bits per heavy atom. The fourth-order valence-corrected chi connectivity index (χ4v) is 8.96. The predicted octanol–water partition coefficient (Wildman–Crippen LogP) is 10.7. The summed E-state index contributed by atoms with van der Waals surface area (Å²) in [5.74, 6) is 0. The maximum absolute atomic E-state index is 7.83. The lowest BCUT2D eigenvalue weighted by Gasteiger charge is -2.12. The Balaban J connectivity index is 0.00000173. The molecule has 12 rings (SSSR count). The van der Waals surface area contributed by atoms with Gasteiger partial charge in [0.2, 0.25) is 0 Å². The Morgan fingerprint density at radius 1 is 0.436 bits per heavy atom. The lowest BCUT2D eigenvalue weighted by molar-refractivity contribution is 0.702. The van der Waals surface area contributed by atoms with Crippen molar-refractivity contribution in [2.75, 3.05) is 0 Å². The van der Waals surface area contributed by atoms with E-state index in [0.717, 1.165) is 89.3 Å². The number of hydrogen-bond acceptors (Lipinski definition) is 5. The van der Waals surface area contributed by atoms with E-state index < -0.39 is 0 Å². The molecule has 0 N–H and O–H groups in total. The fraction of sp³-hybridized carbons (Fsp3) is 0.0426. The van der Waals surface area contributed by atoms with E-state index >= 15 is 0 Å². The van der Waals surface area contributed by atoms with Gasteiger partial charge in [-0.15, -0.1) is 0 Å². The largest absolute Gasteiger partial charge is 0.308 e. The second-order valence-electron chi connectivity index (χ2n) is 14.2. The van der Waals surface area contributed by atoms with Crippen molar-refractivity contribution in [3.8, 4) is 28.2 Å². The first-order valence-corrected chi connectivity index (χ1v) is 18.6. The second kappa shape index (κ2) is 12.0. The second-order valence-corrected chi connectivity index (χ2v) is 14.2. The molecule has 0 radical (unpaired) electrons. The third-order valence-corrected chi connectivity index (χ3v) is 11.2. The highest BCUT2D eigenvalue weighted by Crippen LogP contribution is 2.41. The molecule has 0 saturated carbocycles. The van der Waals surface area contributed by atoms with Crippen LogP contribution >= 0.6 is 0 Å². The minimum absolute atomic E-state index is 0.971. The van der Waals surface area contributed by atoms with Crippen LogP contribution in [0.2, 0.25) is 0 Å². The smallest absolute Gasteiger partial charge is 0.197 e. The van der Waals surface area contributed by atoms with Gasteiger partial charge in [0.1, 0.15) is 0 Å². The minimum atomic E-state index is 0.971. The number of benzene rings is 5. The summed E-state index contributed by atoms with van der Waals surface area (Å²) in [7, 11) is 0. The van der Waals surface area contributed by atoms with Gasteiger partial charge in [0, 0.05) is 51.8 Å². The molecule has 260 valence electrons. The molecule has 0 fully saturated rings. The normalized spacial score (nSPS) is 12.2. The van der Waals surface area contributed by atoms with E-state index in [2.05, 4.69) is 148 Å². The summed E-state index contributed by atoms with van der Waals surface area (Å²) in [5.41, 5.74) is 19.5. The number of rotatable bonds is 3. The van der Waals surface area contributed by atoms with Crippen molar-refractivity contribution in [2.24, 2.45) is 0 Å². The quantitative estimate of drug-likeness (QED) is 0.181. The summed E-state index contributed by atoms with van der Waals surface area (Å²) in [6, 6.07) is 48.4. The molecular formula is C47H30N6OS. The van der Waals surface area contributed by atoms with Gasteiger partial charge in [0.25, 0.3) is 0 Å². The lowest BCUT2D eigenvalue weighted by atomic mass is 10.1. The van der Waals surface area contributed by atoms with Crippen LogP contribution in [0, 0.1) is 6.92 Å². The first-order valence-electron chi connectivity index (χ1n) is 18.2. The van der Waals surface area contributed by atoms with E-state index in [9.17, 15) is 0 Å². The van der Waals surface area contributed by atoms with E-state index in [0.29, 0.717) is 0 Å². The van der Waals surface area contributed by atoms with Crippen LogP contribution in [0.25, 0.3) is 94.0 Å². The molecular weight excluding hydrogens is 697 g/mol. The van der Waals surface area contributed by atoms with Gasteiger partial charge in [-0.25, -0.2) is 0 Å². The number of aromatic nitrogens is 6. The Labute approximate surface area is 320 Å². The highest BCUT2D eigenvalue weighted by molar-refractivity contribution is 7.44. The zero-order valence-corrected chi connectivity index (χ0v) is 30.5. The van der Waals surface area contributed by atoms with E-state index in [-0.39, 0.29) is 0 Å². The summed E-state index contributed by atoms with van der Waals surface area (Å²) >= 11 is 2.83. The summed E-state index contributed by atoms with van der Waals surface area (Å²) in [6.07, 6.45) is 6.65. The van der Waals surface area contributed by atoms with Crippen molar-refractivity contribution >= 4 is 78.3 Å². The topological polar surface area (TPSA) is 70.5 Å². The van der Waals surface area contributed by atoms with Crippen molar-refractivity contribution in [3.05, 3.63) is 169 Å². The summed E-state index contributed by atoms with van der Waals surface area (Å²) < 4.78 is 14.9. The van der Waals surface area contributed by atoms with Gasteiger partial charge in [0.05, 0.1) is 49.7 Å². The zero-order chi connectivity index (χ0) is 36.8. The van der Waals surface area contributed by atoms with Crippen LogP contribution in [0.15, 0.2) is 152 Å². The van der Waals surface area contributed by atoms with Gasteiger partial charge in [-0.1, -0.05) is 42.0 Å². The van der Waals surface area contributed by atoms with Gasteiger partial charge in [-0.3, -0.25) is 15.0 Å². The van der Waals surface area contributed by atoms with Gasteiger partial charge in [-0.2, -0.15) is 4.21 Å². The standard InChI is InChI=1S/C47H30N6.OS/c1-28-12-17-39-36(23-28)45-42(9-4-20-48-45)52(39)32-15-19-41-38(26-32)47-44(11-6-22-50-47)53(41)33-16-18-40-37(27-33)46-43(10-5-21-49-46)51(40)31-14-13-30-24-29-7-2-3-8-34(29)35(30)25-31;1-2/h2-23,25-27H,24H2,1H3;. The SMILES string of the molecule is Cc1ccc2c(c1)c1ncccc1n2-c1ccc2c(c1)c1ncccc1n2-c1ccc2c(c1)c1ncccc1n2-c1ccc2c(c1)-c1ccccc1C2.O=S. The third kappa shape index (κ3) is 4.52. The zero-order valence-electron chi connectivity index (χ0n) is 29.6. The maximum atomic E-state index is 7.83. The van der Waals surface area contributed by atoms with Crippen LogP contribution in [0.5, 0.6) is 0 Å². The summed E-state index contributed by atoms with van der Waals surface area (Å²) in [6.45, 7) is 2.13. The summed E-state index contributed by atoms with van der Waals surface area (Å²) in [5, 5.41) is 3.37. The van der Waals surface area contributed by atoms with Crippen LogP contribution in [0.3, 0.4) is 0 Å². The molecule has 0 atom stereocenters. The van der Waals surface area contributed by atoms with Crippen molar-refractivity contribution in [2.45, 2.75) is 13.3 Å². The van der Waals surface area contributed by atoms with E-state index in [1.54, 1.807) is 0 Å². The summed E-state index contributed by atoms with van der Waals surface area (Å²) in [4.78, 5) is 14.7.